The van der Waals surface area contributed by atoms with Crippen molar-refractivity contribution in [2.45, 2.75) is 19.4 Å². The molecule has 2 heterocycles. The lowest BCUT2D eigenvalue weighted by molar-refractivity contribution is 0.346. The molecule has 3 rings (SSSR count). The zero-order chi connectivity index (χ0) is 11.7. The summed E-state index contributed by atoms with van der Waals surface area (Å²) < 4.78 is 0. The van der Waals surface area contributed by atoms with Crippen LogP contribution in [-0.4, -0.2) is 38.1 Å². The third-order valence-corrected chi connectivity index (χ3v) is 3.81. The molecule has 0 bridgehead atoms. The molecule has 0 atom stereocenters. The number of hydrogen-bond donors (Lipinski definition) is 1. The molecule has 17 heavy (non-hydrogen) atoms. The Bertz CT molecular complexity index is 396. The van der Waals surface area contributed by atoms with Crippen LogP contribution >= 0.6 is 0 Å². The predicted octanol–water partition coefficient (Wildman–Crippen LogP) is 2.14. The Morgan fingerprint density at radius 2 is 1.94 bits per heavy atom. The minimum absolute atomic E-state index is 1.05. The van der Waals surface area contributed by atoms with Crippen LogP contribution in [0.15, 0.2) is 18.2 Å². The molecule has 0 radical (unpaired) electrons. The summed E-state index contributed by atoms with van der Waals surface area (Å²) in [6, 6.07) is 6.91. The quantitative estimate of drug-likeness (QED) is 0.799. The second kappa shape index (κ2) is 4.57. The van der Waals surface area contributed by atoms with Gasteiger partial charge in [-0.15, -0.1) is 0 Å². The van der Waals surface area contributed by atoms with Gasteiger partial charge in [0.15, 0.2) is 0 Å². The standard InChI is InChI=1S/C14H21N3/c1-16-9-6-15-14-10-13(5-4-12(14)11-16)17-7-2-3-8-17/h4-5,10,15H,2-3,6-9,11H2,1H3. The van der Waals surface area contributed by atoms with Gasteiger partial charge in [0.05, 0.1) is 0 Å². The zero-order valence-corrected chi connectivity index (χ0v) is 10.6. The molecule has 2 aliphatic heterocycles. The minimum atomic E-state index is 1.05. The molecule has 0 aromatic heterocycles. The van der Waals surface area contributed by atoms with E-state index < -0.39 is 0 Å². The average molecular weight is 231 g/mol. The van der Waals surface area contributed by atoms with E-state index in [1.54, 1.807) is 0 Å². The van der Waals surface area contributed by atoms with Gasteiger partial charge in [0.2, 0.25) is 0 Å². The summed E-state index contributed by atoms with van der Waals surface area (Å²) in [5, 5.41) is 3.55. The second-order valence-electron chi connectivity index (χ2n) is 5.20. The molecular formula is C14H21N3. The summed E-state index contributed by atoms with van der Waals surface area (Å²) in [4.78, 5) is 4.87. The summed E-state index contributed by atoms with van der Waals surface area (Å²) in [5.74, 6) is 0. The fourth-order valence-electron chi connectivity index (χ4n) is 2.79. The number of benzene rings is 1. The largest absolute Gasteiger partial charge is 0.383 e. The van der Waals surface area contributed by atoms with Crippen molar-refractivity contribution in [1.82, 2.24) is 4.90 Å². The number of likely N-dealkylation sites (N-methyl/N-ethyl adjacent to an activating group) is 1. The number of nitrogens with zero attached hydrogens (tertiary/aromatic N) is 2. The Morgan fingerprint density at radius 3 is 2.76 bits per heavy atom. The van der Waals surface area contributed by atoms with Crippen LogP contribution in [0.1, 0.15) is 18.4 Å². The van der Waals surface area contributed by atoms with E-state index in [0.717, 1.165) is 19.6 Å². The van der Waals surface area contributed by atoms with Crippen LogP contribution in [0.25, 0.3) is 0 Å². The molecule has 3 heteroatoms. The van der Waals surface area contributed by atoms with Crippen LogP contribution in [0.5, 0.6) is 0 Å². The summed E-state index contributed by atoms with van der Waals surface area (Å²) in [7, 11) is 2.19. The molecule has 1 saturated heterocycles. The van der Waals surface area contributed by atoms with E-state index in [9.17, 15) is 0 Å². The van der Waals surface area contributed by atoms with Gasteiger partial charge in [-0.25, -0.2) is 0 Å². The van der Waals surface area contributed by atoms with Crippen molar-refractivity contribution < 1.29 is 0 Å². The number of anilines is 2. The molecule has 1 aromatic carbocycles. The third kappa shape index (κ3) is 2.25. The Balaban J connectivity index is 1.87. The molecule has 1 aromatic rings. The van der Waals surface area contributed by atoms with E-state index in [1.807, 2.05) is 0 Å². The third-order valence-electron chi connectivity index (χ3n) is 3.81. The summed E-state index contributed by atoms with van der Waals surface area (Å²) in [5.41, 5.74) is 4.14. The summed E-state index contributed by atoms with van der Waals surface area (Å²) in [6.07, 6.45) is 2.68. The first-order valence-corrected chi connectivity index (χ1v) is 6.63. The van der Waals surface area contributed by atoms with Crippen molar-refractivity contribution in [3.63, 3.8) is 0 Å². The van der Waals surface area contributed by atoms with Crippen LogP contribution < -0.4 is 10.2 Å². The molecule has 0 unspecified atom stereocenters. The van der Waals surface area contributed by atoms with Crippen molar-refractivity contribution >= 4 is 11.4 Å². The van der Waals surface area contributed by atoms with Crippen LogP contribution in [0.4, 0.5) is 11.4 Å². The minimum Gasteiger partial charge on any atom is -0.383 e. The highest BCUT2D eigenvalue weighted by molar-refractivity contribution is 5.63. The maximum absolute atomic E-state index is 3.55. The molecule has 0 amide bonds. The second-order valence-corrected chi connectivity index (χ2v) is 5.20. The molecule has 1 N–H and O–H groups in total. The molecule has 2 aliphatic rings. The van der Waals surface area contributed by atoms with E-state index in [-0.39, 0.29) is 0 Å². The van der Waals surface area contributed by atoms with Crippen molar-refractivity contribution in [2.75, 3.05) is 43.4 Å². The zero-order valence-electron chi connectivity index (χ0n) is 10.6. The predicted molar refractivity (Wildman–Crippen MR) is 72.7 cm³/mol. The number of hydrogen-bond acceptors (Lipinski definition) is 3. The lowest BCUT2D eigenvalue weighted by Gasteiger charge is -2.20. The van der Waals surface area contributed by atoms with E-state index in [0.29, 0.717) is 0 Å². The van der Waals surface area contributed by atoms with E-state index >= 15 is 0 Å². The molecular weight excluding hydrogens is 210 g/mol. The SMILES string of the molecule is CN1CCNc2cc(N3CCCC3)ccc2C1. The number of nitrogens with one attached hydrogen (secondary N) is 1. The lowest BCUT2D eigenvalue weighted by Crippen LogP contribution is -2.20. The Labute approximate surface area is 103 Å². The average Bonchev–Trinajstić information content (AvgIpc) is 2.78. The lowest BCUT2D eigenvalue weighted by atomic mass is 10.1. The smallest absolute Gasteiger partial charge is 0.0407 e. The topological polar surface area (TPSA) is 18.5 Å². The van der Waals surface area contributed by atoms with Crippen molar-refractivity contribution in [1.29, 1.82) is 0 Å². The Kier molecular flexibility index (Phi) is 2.93. The highest BCUT2D eigenvalue weighted by Crippen LogP contribution is 2.28. The van der Waals surface area contributed by atoms with Crippen molar-refractivity contribution in [3.8, 4) is 0 Å². The normalized spacial score (nSPS) is 20.9. The van der Waals surface area contributed by atoms with Gasteiger partial charge in [0.25, 0.3) is 0 Å². The Hall–Kier alpha value is -1.22. The van der Waals surface area contributed by atoms with Crippen molar-refractivity contribution in [3.05, 3.63) is 23.8 Å². The highest BCUT2D eigenvalue weighted by atomic mass is 15.2. The first kappa shape index (κ1) is 10.9. The molecule has 3 nitrogen and oxygen atoms in total. The monoisotopic (exact) mass is 231 g/mol. The van der Waals surface area contributed by atoms with Gasteiger partial charge in [0.1, 0.15) is 0 Å². The Morgan fingerprint density at radius 1 is 1.12 bits per heavy atom. The molecule has 0 spiro atoms. The number of rotatable bonds is 1. The van der Waals surface area contributed by atoms with Crippen LogP contribution in [0.3, 0.4) is 0 Å². The highest BCUT2D eigenvalue weighted by Gasteiger charge is 2.15. The van der Waals surface area contributed by atoms with Gasteiger partial charge in [-0.2, -0.15) is 0 Å². The van der Waals surface area contributed by atoms with E-state index in [2.05, 4.69) is 40.4 Å². The van der Waals surface area contributed by atoms with Crippen LogP contribution in [0, 0.1) is 0 Å². The van der Waals surface area contributed by atoms with Gasteiger partial charge in [-0.1, -0.05) is 6.07 Å². The van der Waals surface area contributed by atoms with Crippen LogP contribution in [-0.2, 0) is 6.54 Å². The maximum Gasteiger partial charge on any atom is 0.0407 e. The first-order valence-electron chi connectivity index (χ1n) is 6.63. The van der Waals surface area contributed by atoms with Gasteiger partial charge in [-0.3, -0.25) is 0 Å². The summed E-state index contributed by atoms with van der Waals surface area (Å²) >= 11 is 0. The number of fused-ring (bicyclic) bond motifs is 1. The fourth-order valence-corrected chi connectivity index (χ4v) is 2.79. The van der Waals surface area contributed by atoms with E-state index in [4.69, 9.17) is 0 Å². The first-order chi connectivity index (χ1) is 8.33. The van der Waals surface area contributed by atoms with E-state index in [1.165, 1.54) is 42.9 Å². The van der Waals surface area contributed by atoms with Crippen LogP contribution in [0.2, 0.25) is 0 Å². The van der Waals surface area contributed by atoms with Gasteiger partial charge in [-0.05, 0) is 37.6 Å². The molecule has 0 saturated carbocycles. The van der Waals surface area contributed by atoms with Gasteiger partial charge >= 0.3 is 0 Å². The van der Waals surface area contributed by atoms with Crippen molar-refractivity contribution in [2.24, 2.45) is 0 Å². The molecule has 0 aliphatic carbocycles. The fraction of sp³-hybridized carbons (Fsp3) is 0.571. The maximum atomic E-state index is 3.55. The molecule has 92 valence electrons. The molecule has 1 fully saturated rings. The van der Waals surface area contributed by atoms with Gasteiger partial charge in [0, 0.05) is 44.1 Å². The summed E-state index contributed by atoms with van der Waals surface area (Å²) in [6.45, 7) is 5.67. The van der Waals surface area contributed by atoms with Gasteiger partial charge < -0.3 is 15.1 Å².